The lowest BCUT2D eigenvalue weighted by molar-refractivity contribution is -0.117. The van der Waals surface area contributed by atoms with Gasteiger partial charge in [0.25, 0.3) is 0 Å². The number of benzene rings is 1. The molecule has 0 radical (unpaired) electrons. The van der Waals surface area contributed by atoms with Crippen molar-refractivity contribution < 1.29 is 14.7 Å². The standard InChI is InChI=1S/C18H28N2O3/c21-17(14-19-9-2-1-3-10-19)15-22-18-7-5-16(6-8-18)13-20-11-4-12-23-20/h5-8,17,21H,1-4,9-15H2. The maximum atomic E-state index is 10.1. The van der Waals surface area contributed by atoms with Crippen molar-refractivity contribution in [3.8, 4) is 5.75 Å². The average Bonchev–Trinajstić information content (AvgIpc) is 3.08. The number of likely N-dealkylation sites (tertiary alicyclic amines) is 1. The summed E-state index contributed by atoms with van der Waals surface area (Å²) in [6.07, 6.45) is 4.49. The van der Waals surface area contributed by atoms with Crippen LogP contribution in [0, 0.1) is 0 Å². The molecule has 2 aliphatic heterocycles. The molecule has 0 amide bonds. The third-order valence-corrected chi connectivity index (χ3v) is 4.47. The molecular formula is C18H28N2O3. The molecule has 0 bridgehead atoms. The lowest BCUT2D eigenvalue weighted by Crippen LogP contribution is -2.38. The number of β-amino-alcohol motifs (C(OH)–C–C–N with tert-alkyl or cyclic N) is 1. The van der Waals surface area contributed by atoms with E-state index in [1.807, 2.05) is 17.2 Å². The van der Waals surface area contributed by atoms with E-state index in [4.69, 9.17) is 9.57 Å². The lowest BCUT2D eigenvalue weighted by Gasteiger charge is -2.28. The van der Waals surface area contributed by atoms with Gasteiger partial charge in [0.05, 0.1) is 6.61 Å². The Morgan fingerprint density at radius 3 is 2.52 bits per heavy atom. The second kappa shape index (κ2) is 8.64. The first-order chi connectivity index (χ1) is 11.3. The van der Waals surface area contributed by atoms with Crippen LogP contribution in [-0.4, -0.2) is 60.6 Å². The molecule has 0 aromatic heterocycles. The number of aliphatic hydroxyl groups excluding tert-OH is 1. The summed E-state index contributed by atoms with van der Waals surface area (Å²) < 4.78 is 5.71. The molecular weight excluding hydrogens is 292 g/mol. The van der Waals surface area contributed by atoms with Crippen LogP contribution in [0.5, 0.6) is 5.75 Å². The summed E-state index contributed by atoms with van der Waals surface area (Å²) in [6, 6.07) is 8.07. The summed E-state index contributed by atoms with van der Waals surface area (Å²) in [7, 11) is 0. The fourth-order valence-corrected chi connectivity index (χ4v) is 3.20. The van der Waals surface area contributed by atoms with Gasteiger partial charge in [0, 0.05) is 19.6 Å². The van der Waals surface area contributed by atoms with Crippen molar-refractivity contribution in [2.45, 2.75) is 38.3 Å². The van der Waals surface area contributed by atoms with Crippen LogP contribution in [0.1, 0.15) is 31.2 Å². The first kappa shape index (κ1) is 16.7. The molecule has 5 heteroatoms. The predicted molar refractivity (Wildman–Crippen MR) is 89.2 cm³/mol. The zero-order chi connectivity index (χ0) is 15.9. The molecule has 23 heavy (non-hydrogen) atoms. The van der Waals surface area contributed by atoms with Crippen molar-refractivity contribution in [1.82, 2.24) is 9.96 Å². The second-order valence-electron chi connectivity index (χ2n) is 6.52. The minimum atomic E-state index is -0.425. The molecule has 2 fully saturated rings. The first-order valence-corrected chi connectivity index (χ1v) is 8.79. The van der Waals surface area contributed by atoms with Crippen LogP contribution < -0.4 is 4.74 Å². The van der Waals surface area contributed by atoms with Crippen LogP contribution in [0.15, 0.2) is 24.3 Å². The molecule has 1 aromatic rings. The Morgan fingerprint density at radius 1 is 1.04 bits per heavy atom. The lowest BCUT2D eigenvalue weighted by atomic mass is 10.1. The highest BCUT2D eigenvalue weighted by Crippen LogP contribution is 2.16. The maximum absolute atomic E-state index is 10.1. The van der Waals surface area contributed by atoms with Gasteiger partial charge in [-0.25, -0.2) is 0 Å². The van der Waals surface area contributed by atoms with Gasteiger partial charge in [-0.15, -0.1) is 0 Å². The normalized spacial score (nSPS) is 21.4. The topological polar surface area (TPSA) is 45.2 Å². The Bertz CT molecular complexity index is 454. The molecule has 5 nitrogen and oxygen atoms in total. The minimum absolute atomic E-state index is 0.352. The van der Waals surface area contributed by atoms with Crippen molar-refractivity contribution in [1.29, 1.82) is 0 Å². The van der Waals surface area contributed by atoms with Gasteiger partial charge < -0.3 is 14.7 Å². The second-order valence-corrected chi connectivity index (χ2v) is 6.52. The van der Waals surface area contributed by atoms with Crippen LogP contribution >= 0.6 is 0 Å². The molecule has 2 heterocycles. The van der Waals surface area contributed by atoms with Gasteiger partial charge in [-0.1, -0.05) is 18.6 Å². The van der Waals surface area contributed by atoms with E-state index >= 15 is 0 Å². The molecule has 3 rings (SSSR count). The zero-order valence-corrected chi connectivity index (χ0v) is 13.8. The summed E-state index contributed by atoms with van der Waals surface area (Å²) in [6.45, 7) is 5.92. The number of ether oxygens (including phenoxy) is 1. The number of nitrogens with zero attached hydrogens (tertiary/aromatic N) is 2. The van der Waals surface area contributed by atoms with E-state index in [0.717, 1.165) is 45.0 Å². The number of aliphatic hydroxyl groups is 1. The molecule has 128 valence electrons. The quantitative estimate of drug-likeness (QED) is 0.833. The highest BCUT2D eigenvalue weighted by Gasteiger charge is 2.15. The number of piperidine rings is 1. The molecule has 1 N–H and O–H groups in total. The number of hydroxylamine groups is 2. The highest BCUT2D eigenvalue weighted by atomic mass is 16.7. The van der Waals surface area contributed by atoms with Gasteiger partial charge >= 0.3 is 0 Å². The fourth-order valence-electron chi connectivity index (χ4n) is 3.20. The van der Waals surface area contributed by atoms with Gasteiger partial charge in [-0.3, -0.25) is 4.84 Å². The molecule has 0 saturated carbocycles. The smallest absolute Gasteiger partial charge is 0.119 e. The van der Waals surface area contributed by atoms with E-state index < -0.39 is 6.10 Å². The zero-order valence-electron chi connectivity index (χ0n) is 13.8. The maximum Gasteiger partial charge on any atom is 0.119 e. The average molecular weight is 320 g/mol. The Hall–Kier alpha value is -1.14. The SMILES string of the molecule is OC(COc1ccc(CN2CCCO2)cc1)CN1CCCCC1. The molecule has 1 unspecified atom stereocenters. The third kappa shape index (κ3) is 5.46. The molecule has 0 spiro atoms. The van der Waals surface area contributed by atoms with Crippen LogP contribution in [-0.2, 0) is 11.4 Å². The monoisotopic (exact) mass is 320 g/mol. The number of rotatable bonds is 7. The summed E-state index contributed by atoms with van der Waals surface area (Å²) in [4.78, 5) is 7.83. The predicted octanol–water partition coefficient (Wildman–Crippen LogP) is 2.05. The molecule has 2 aliphatic rings. The first-order valence-electron chi connectivity index (χ1n) is 8.79. The van der Waals surface area contributed by atoms with E-state index in [1.54, 1.807) is 0 Å². The van der Waals surface area contributed by atoms with Gasteiger partial charge in [0.1, 0.15) is 18.5 Å². The van der Waals surface area contributed by atoms with Crippen molar-refractivity contribution in [3.05, 3.63) is 29.8 Å². The van der Waals surface area contributed by atoms with Gasteiger partial charge in [-0.05, 0) is 50.0 Å². The van der Waals surface area contributed by atoms with Crippen LogP contribution in [0.3, 0.4) is 0 Å². The van der Waals surface area contributed by atoms with Crippen molar-refractivity contribution in [2.75, 3.05) is 39.4 Å². The number of hydrogen-bond acceptors (Lipinski definition) is 5. The van der Waals surface area contributed by atoms with Crippen molar-refractivity contribution >= 4 is 0 Å². The summed E-state index contributed by atoms with van der Waals surface area (Å²) in [5.41, 5.74) is 1.22. The Morgan fingerprint density at radius 2 is 1.83 bits per heavy atom. The van der Waals surface area contributed by atoms with E-state index in [2.05, 4.69) is 17.0 Å². The summed E-state index contributed by atoms with van der Waals surface area (Å²) >= 11 is 0. The Balaban J connectivity index is 1.39. The summed E-state index contributed by atoms with van der Waals surface area (Å²) in [5.74, 6) is 0.814. The van der Waals surface area contributed by atoms with Crippen molar-refractivity contribution in [3.63, 3.8) is 0 Å². The molecule has 0 aliphatic carbocycles. The van der Waals surface area contributed by atoms with Crippen LogP contribution in [0.25, 0.3) is 0 Å². The van der Waals surface area contributed by atoms with E-state index in [9.17, 15) is 5.11 Å². The highest BCUT2D eigenvalue weighted by molar-refractivity contribution is 5.27. The Kier molecular flexibility index (Phi) is 6.28. The van der Waals surface area contributed by atoms with E-state index in [0.29, 0.717) is 13.2 Å². The van der Waals surface area contributed by atoms with Crippen LogP contribution in [0.4, 0.5) is 0 Å². The van der Waals surface area contributed by atoms with E-state index in [1.165, 1.54) is 24.8 Å². The molecule has 1 aromatic carbocycles. The van der Waals surface area contributed by atoms with Crippen molar-refractivity contribution in [2.24, 2.45) is 0 Å². The minimum Gasteiger partial charge on any atom is -0.491 e. The third-order valence-electron chi connectivity index (χ3n) is 4.47. The van der Waals surface area contributed by atoms with Crippen LogP contribution in [0.2, 0.25) is 0 Å². The van der Waals surface area contributed by atoms with E-state index in [-0.39, 0.29) is 0 Å². The molecule has 1 atom stereocenters. The number of hydrogen-bond donors (Lipinski definition) is 1. The van der Waals surface area contributed by atoms with Gasteiger partial charge in [-0.2, -0.15) is 5.06 Å². The Labute approximate surface area is 138 Å². The van der Waals surface area contributed by atoms with Gasteiger partial charge in [0.2, 0.25) is 0 Å². The molecule has 2 saturated heterocycles. The summed E-state index contributed by atoms with van der Waals surface area (Å²) in [5, 5.41) is 12.1. The largest absolute Gasteiger partial charge is 0.491 e. The van der Waals surface area contributed by atoms with Gasteiger partial charge in [0.15, 0.2) is 0 Å². The fraction of sp³-hybridized carbons (Fsp3) is 0.667.